The first-order chi connectivity index (χ1) is 16.1. The van der Waals surface area contributed by atoms with E-state index in [2.05, 4.69) is 93.7 Å². The summed E-state index contributed by atoms with van der Waals surface area (Å²) in [6, 6.07) is 1.99. The van der Waals surface area contributed by atoms with Crippen LogP contribution in [-0.4, -0.2) is 42.1 Å². The molecule has 0 spiro atoms. The number of nitrogens with zero attached hydrogens (tertiary/aromatic N) is 4. The number of nitrogens with one attached hydrogen (secondary N) is 1. The molecule has 188 valence electrons. The third kappa shape index (κ3) is 12.8. The fourth-order valence-corrected chi connectivity index (χ4v) is 3.05. The van der Waals surface area contributed by atoms with E-state index in [1.807, 2.05) is 37.7 Å². The topological polar surface area (TPSA) is 45.4 Å². The van der Waals surface area contributed by atoms with Gasteiger partial charge in [-0.3, -0.25) is 0 Å². The highest BCUT2D eigenvalue weighted by molar-refractivity contribution is 5.41. The van der Waals surface area contributed by atoms with Gasteiger partial charge in [-0.1, -0.05) is 43.9 Å². The predicted octanol–water partition coefficient (Wildman–Crippen LogP) is 5.98. The normalized spacial score (nSPS) is 11.7. The molecule has 0 aliphatic carbocycles. The molecule has 0 atom stereocenters. The number of likely N-dealkylation sites (N-methyl/N-ethyl adjacent to an activating group) is 2. The number of rotatable bonds is 11. The van der Waals surface area contributed by atoms with Crippen LogP contribution in [0.2, 0.25) is 0 Å². The number of hydrogen-bond acceptors (Lipinski definition) is 4. The maximum atomic E-state index is 4.33. The van der Waals surface area contributed by atoms with Crippen LogP contribution in [0.5, 0.6) is 0 Å². The quantitative estimate of drug-likeness (QED) is 0.323. The highest BCUT2D eigenvalue weighted by Gasteiger charge is 2.04. The molecule has 1 N–H and O–H groups in total. The summed E-state index contributed by atoms with van der Waals surface area (Å²) in [5, 5.41) is 3.20. The van der Waals surface area contributed by atoms with Gasteiger partial charge in [-0.25, -0.2) is 9.98 Å². The van der Waals surface area contributed by atoms with Crippen molar-refractivity contribution in [2.45, 2.75) is 40.0 Å². The van der Waals surface area contributed by atoms with Crippen molar-refractivity contribution >= 4 is 6.08 Å². The second-order valence-corrected chi connectivity index (χ2v) is 7.92. The molecule has 0 amide bonds. The average Bonchev–Trinajstić information content (AvgIpc) is 2.80. The fraction of sp³-hybridized carbons (Fsp3) is 0.379. The Hall–Kier alpha value is -3.18. The predicted molar refractivity (Wildman–Crippen MR) is 152 cm³/mol. The van der Waals surface area contributed by atoms with Crippen LogP contribution >= 0.6 is 0 Å². The molecule has 34 heavy (non-hydrogen) atoms. The molecule has 1 heterocycles. The zero-order valence-electron chi connectivity index (χ0n) is 22.7. The molecular formula is C29H47N5. The van der Waals surface area contributed by atoms with Crippen LogP contribution in [0.4, 0.5) is 0 Å². The molecule has 1 aromatic heterocycles. The minimum Gasteiger partial charge on any atom is -0.378 e. The number of hydrogen-bond donors (Lipinski definition) is 1. The van der Waals surface area contributed by atoms with E-state index in [-0.39, 0.29) is 0 Å². The first kappa shape index (κ1) is 33.0. The second kappa shape index (κ2) is 19.3. The number of aromatic nitrogens is 2. The van der Waals surface area contributed by atoms with E-state index in [9.17, 15) is 0 Å². The lowest BCUT2D eigenvalue weighted by molar-refractivity contribution is 0.520. The van der Waals surface area contributed by atoms with Crippen molar-refractivity contribution in [1.82, 2.24) is 19.8 Å². The van der Waals surface area contributed by atoms with E-state index >= 15 is 0 Å². The Morgan fingerprint density at radius 2 is 1.82 bits per heavy atom. The molecule has 0 fully saturated rings. The van der Waals surface area contributed by atoms with Gasteiger partial charge in [-0.2, -0.15) is 0 Å². The summed E-state index contributed by atoms with van der Waals surface area (Å²) >= 11 is 0. The zero-order chi connectivity index (χ0) is 26.7. The van der Waals surface area contributed by atoms with Crippen molar-refractivity contribution in [2.24, 2.45) is 12.0 Å². The summed E-state index contributed by atoms with van der Waals surface area (Å²) in [5.74, 6) is 0. The van der Waals surface area contributed by atoms with Gasteiger partial charge >= 0.3 is 0 Å². The maximum absolute atomic E-state index is 4.33. The molecule has 0 saturated heterocycles. The molecular weight excluding hydrogens is 418 g/mol. The molecule has 5 nitrogen and oxygen atoms in total. The Morgan fingerprint density at radius 3 is 2.24 bits per heavy atom. The summed E-state index contributed by atoms with van der Waals surface area (Å²) in [4.78, 5) is 10.6. The van der Waals surface area contributed by atoms with E-state index in [0.717, 1.165) is 42.8 Å². The van der Waals surface area contributed by atoms with Gasteiger partial charge in [0.2, 0.25) is 5.62 Å². The fourth-order valence-electron chi connectivity index (χ4n) is 3.05. The molecule has 0 aliphatic heterocycles. The van der Waals surface area contributed by atoms with Gasteiger partial charge in [0.15, 0.2) is 0 Å². The summed E-state index contributed by atoms with van der Waals surface area (Å²) in [5.41, 5.74) is 7.74. The average molecular weight is 466 g/mol. The van der Waals surface area contributed by atoms with Crippen LogP contribution in [0.3, 0.4) is 0 Å². The SMILES string of the molecule is C=C.C=CC/C(C)=C(/C=C(\CC)CNC)N(C)C.C=CN=c1nc(C=C)cc(CC(=C)C)n1C. The molecule has 0 aromatic carbocycles. The van der Waals surface area contributed by atoms with Crippen LogP contribution in [0, 0.1) is 0 Å². The largest absolute Gasteiger partial charge is 0.378 e. The molecule has 0 radical (unpaired) electrons. The molecule has 0 unspecified atom stereocenters. The Kier molecular flexibility index (Phi) is 18.7. The van der Waals surface area contributed by atoms with Crippen molar-refractivity contribution in [3.63, 3.8) is 0 Å². The van der Waals surface area contributed by atoms with Crippen LogP contribution in [0.25, 0.3) is 6.08 Å². The lowest BCUT2D eigenvalue weighted by Gasteiger charge is -2.19. The third-order valence-electron chi connectivity index (χ3n) is 4.74. The summed E-state index contributed by atoms with van der Waals surface area (Å²) in [6.45, 7) is 28.3. The Balaban J connectivity index is 0. The van der Waals surface area contributed by atoms with Crippen LogP contribution in [0.15, 0.2) is 91.3 Å². The Morgan fingerprint density at radius 1 is 1.21 bits per heavy atom. The van der Waals surface area contributed by atoms with E-state index < -0.39 is 0 Å². The third-order valence-corrected chi connectivity index (χ3v) is 4.74. The second-order valence-electron chi connectivity index (χ2n) is 7.92. The van der Waals surface area contributed by atoms with Crippen molar-refractivity contribution < 1.29 is 0 Å². The Bertz CT molecular complexity index is 926. The lowest BCUT2D eigenvalue weighted by Crippen LogP contribution is -2.25. The maximum Gasteiger partial charge on any atom is 0.229 e. The molecule has 0 bridgehead atoms. The zero-order valence-corrected chi connectivity index (χ0v) is 22.7. The standard InChI is InChI=1S/C14H26N2.C13H17N3.C2H4/c1-7-9-12(3)14(16(5)6)10-13(8-2)11-15-4;1-6-11-9-12(8-10(3)4)16(5)13(15-11)14-7-2;1-2/h7,10,15H,1,8-9,11H2,2-6H3;6-7,9H,1-3,8H2,4-5H3;1-2H2/b13-10+,14-12-;;. The monoisotopic (exact) mass is 465 g/mol. The minimum absolute atomic E-state index is 0.628. The molecule has 5 heteroatoms. The van der Waals surface area contributed by atoms with Crippen molar-refractivity contribution in [1.29, 1.82) is 0 Å². The minimum atomic E-state index is 0.628. The van der Waals surface area contributed by atoms with Gasteiger partial charge in [0.1, 0.15) is 0 Å². The van der Waals surface area contributed by atoms with E-state index in [1.165, 1.54) is 23.0 Å². The van der Waals surface area contributed by atoms with Crippen LogP contribution < -0.4 is 10.9 Å². The number of allylic oxidation sites excluding steroid dienone is 4. The molecule has 1 aromatic rings. The molecule has 0 saturated carbocycles. The summed E-state index contributed by atoms with van der Waals surface area (Å²) in [6.07, 6.45) is 10.3. The smallest absolute Gasteiger partial charge is 0.229 e. The summed E-state index contributed by atoms with van der Waals surface area (Å²) < 4.78 is 1.93. The molecule has 1 rings (SSSR count). The van der Waals surface area contributed by atoms with Crippen molar-refractivity contribution in [3.05, 3.63) is 103 Å². The van der Waals surface area contributed by atoms with Gasteiger partial charge in [0.25, 0.3) is 0 Å². The van der Waals surface area contributed by atoms with Gasteiger partial charge in [-0.05, 0) is 57.5 Å². The van der Waals surface area contributed by atoms with Gasteiger partial charge in [0.05, 0.1) is 5.69 Å². The first-order valence-electron chi connectivity index (χ1n) is 11.4. The summed E-state index contributed by atoms with van der Waals surface area (Å²) in [7, 11) is 8.09. The van der Waals surface area contributed by atoms with Crippen LogP contribution in [-0.2, 0) is 13.5 Å². The van der Waals surface area contributed by atoms with E-state index in [1.54, 1.807) is 6.08 Å². The van der Waals surface area contributed by atoms with E-state index in [4.69, 9.17) is 0 Å². The van der Waals surface area contributed by atoms with Crippen LogP contribution in [0.1, 0.15) is 45.0 Å². The van der Waals surface area contributed by atoms with Crippen molar-refractivity contribution in [2.75, 3.05) is 27.7 Å². The van der Waals surface area contributed by atoms with Crippen molar-refractivity contribution in [3.8, 4) is 0 Å². The highest BCUT2D eigenvalue weighted by atomic mass is 15.1. The first-order valence-corrected chi connectivity index (χ1v) is 11.4. The lowest BCUT2D eigenvalue weighted by atomic mass is 10.1. The van der Waals surface area contributed by atoms with Gasteiger partial charge in [0, 0.05) is 51.7 Å². The highest BCUT2D eigenvalue weighted by Crippen LogP contribution is 2.15. The van der Waals surface area contributed by atoms with Gasteiger partial charge in [-0.15, -0.1) is 19.7 Å². The van der Waals surface area contributed by atoms with E-state index in [0.29, 0.717) is 5.62 Å². The van der Waals surface area contributed by atoms with Gasteiger partial charge < -0.3 is 14.8 Å². The molecule has 0 aliphatic rings. The Labute approximate surface area is 209 Å².